The summed E-state index contributed by atoms with van der Waals surface area (Å²) in [5.74, 6) is 2.59. The van der Waals surface area contributed by atoms with Gasteiger partial charge in [0.05, 0.1) is 37.9 Å². The average molecular weight is 519 g/mol. The molecular weight excluding hydrogens is 494 g/mol. The molecule has 3 aliphatic heterocycles. The van der Waals surface area contributed by atoms with Crippen LogP contribution in [-0.4, -0.2) is 21.7 Å². The summed E-state index contributed by atoms with van der Waals surface area (Å²) in [6, 6.07) is 30.9. The first-order valence-corrected chi connectivity index (χ1v) is 12.9. The Bertz CT molecular complexity index is 1620. The molecule has 0 saturated carbocycles. The molecule has 35 heavy (non-hydrogen) atoms. The van der Waals surface area contributed by atoms with Crippen LogP contribution in [-0.2, 0) is 14.1 Å². The summed E-state index contributed by atoms with van der Waals surface area (Å²) < 4.78 is 10.9. The number of aryl methyl sites for hydroxylation is 2. The van der Waals surface area contributed by atoms with Crippen LogP contribution in [0.3, 0.4) is 0 Å². The van der Waals surface area contributed by atoms with Crippen molar-refractivity contribution in [3.8, 4) is 0 Å². The van der Waals surface area contributed by atoms with Gasteiger partial charge >= 0.3 is 12.6 Å². The SMILES string of the molecule is Cn1cc[n+]2c1[B@@-]1(c3ccccc3)C(c3ccc(Br)cc3)=C[B@-]2(c2ccccc2)c2n(C)cc[n+]21. The lowest BCUT2D eigenvalue weighted by atomic mass is 9.13. The number of benzene rings is 3. The van der Waals surface area contributed by atoms with Gasteiger partial charge in [0.25, 0.3) is 0 Å². The maximum Gasteiger partial charge on any atom is 0.346 e. The molecule has 0 saturated heterocycles. The lowest BCUT2D eigenvalue weighted by Gasteiger charge is -2.56. The maximum absolute atomic E-state index is 3.65. The first-order valence-electron chi connectivity index (χ1n) is 12.2. The maximum atomic E-state index is 3.65. The van der Waals surface area contributed by atoms with Crippen LogP contribution in [0, 0.1) is 0 Å². The molecule has 5 heterocycles. The van der Waals surface area contributed by atoms with Crippen molar-refractivity contribution in [2.24, 2.45) is 14.1 Å². The molecule has 3 aliphatic rings. The number of aromatic nitrogens is 4. The number of hydrogen-bond acceptors (Lipinski definition) is 0. The third-order valence-electron chi connectivity index (χ3n) is 8.42. The lowest BCUT2D eigenvalue weighted by Crippen LogP contribution is -3.05. The molecule has 2 bridgehead atoms. The van der Waals surface area contributed by atoms with E-state index in [-0.39, 0.29) is 0 Å². The summed E-state index contributed by atoms with van der Waals surface area (Å²) in [6.45, 7) is 0. The van der Waals surface area contributed by atoms with Gasteiger partial charge < -0.3 is 8.96 Å². The van der Waals surface area contributed by atoms with Crippen LogP contribution in [0.25, 0.3) is 5.47 Å². The van der Waals surface area contributed by atoms with Crippen LogP contribution in [0.4, 0.5) is 0 Å². The van der Waals surface area contributed by atoms with Crippen molar-refractivity contribution in [3.05, 3.63) is 126 Å². The third kappa shape index (κ3) is 2.49. The molecule has 2 aromatic heterocycles. The highest BCUT2D eigenvalue weighted by molar-refractivity contribution is 9.10. The summed E-state index contributed by atoms with van der Waals surface area (Å²) >= 11 is 3.65. The second-order valence-corrected chi connectivity index (χ2v) is 10.9. The van der Waals surface area contributed by atoms with Crippen LogP contribution in [0.2, 0.25) is 0 Å². The third-order valence-corrected chi connectivity index (χ3v) is 8.94. The highest BCUT2D eigenvalue weighted by Crippen LogP contribution is 2.32. The summed E-state index contributed by atoms with van der Waals surface area (Å²) in [5.41, 5.74) is 7.90. The van der Waals surface area contributed by atoms with E-state index in [0.717, 1.165) is 4.47 Å². The predicted molar refractivity (Wildman–Crippen MR) is 147 cm³/mol. The molecule has 170 valence electrons. The topological polar surface area (TPSA) is 17.6 Å². The van der Waals surface area contributed by atoms with Crippen LogP contribution in [0.15, 0.2) is 120 Å². The van der Waals surface area contributed by atoms with Gasteiger partial charge in [-0.25, -0.2) is 5.98 Å². The first kappa shape index (κ1) is 20.8. The molecule has 3 aromatic carbocycles. The normalized spacial score (nSPS) is 22.0. The van der Waals surface area contributed by atoms with Gasteiger partial charge in [0, 0.05) is 4.47 Å². The molecule has 0 unspecified atom stereocenters. The highest BCUT2D eigenvalue weighted by atomic mass is 79.9. The Morgan fingerprint density at radius 2 is 1.23 bits per heavy atom. The van der Waals surface area contributed by atoms with E-state index in [9.17, 15) is 0 Å². The number of halogens is 1. The van der Waals surface area contributed by atoms with E-state index in [1.165, 1.54) is 33.4 Å². The van der Waals surface area contributed by atoms with Crippen molar-refractivity contribution in [2.75, 3.05) is 0 Å². The zero-order valence-corrected chi connectivity index (χ0v) is 21.4. The van der Waals surface area contributed by atoms with Gasteiger partial charge in [0.15, 0.2) is 0 Å². The molecule has 7 heteroatoms. The standard InChI is InChI=1S/C28H25B2BrN4/c1-32-18-20-35-27(32)29(23-9-5-3-6-10-23)21-26(22-13-15-25(31)16-14-22)30(35,24-11-7-4-8-12-24)28-33(2)17-19-34(28)29/h3-21H,1-2H3/t29-,30+/m0/s1. The quantitative estimate of drug-likeness (QED) is 0.321. The Hall–Kier alpha value is -3.57. The number of hydrogen-bond donors (Lipinski definition) is 0. The van der Waals surface area contributed by atoms with Crippen molar-refractivity contribution in [1.29, 1.82) is 0 Å². The highest BCUT2D eigenvalue weighted by Gasteiger charge is 2.61. The van der Waals surface area contributed by atoms with Gasteiger partial charge in [-0.15, -0.1) is 10.9 Å². The Labute approximate surface area is 213 Å². The minimum Gasteiger partial charge on any atom is -0.446 e. The predicted octanol–water partition coefficient (Wildman–Crippen LogP) is 1.41. The Kier molecular flexibility index (Phi) is 4.28. The zero-order valence-electron chi connectivity index (χ0n) is 19.8. The molecule has 4 nitrogen and oxygen atoms in total. The van der Waals surface area contributed by atoms with E-state index in [2.05, 4.69) is 164 Å². The smallest absolute Gasteiger partial charge is 0.346 e. The average Bonchev–Trinajstić information content (AvgIpc) is 3.51. The van der Waals surface area contributed by atoms with E-state index >= 15 is 0 Å². The fourth-order valence-corrected chi connectivity index (χ4v) is 7.44. The van der Waals surface area contributed by atoms with Crippen molar-refractivity contribution in [1.82, 2.24) is 9.13 Å². The van der Waals surface area contributed by atoms with Crippen molar-refractivity contribution in [2.45, 2.75) is 0 Å². The molecule has 2 atom stereocenters. The van der Waals surface area contributed by atoms with E-state index < -0.39 is 12.6 Å². The van der Waals surface area contributed by atoms with Gasteiger partial charge in [0.1, 0.15) is 12.4 Å². The fourth-order valence-electron chi connectivity index (χ4n) is 7.18. The van der Waals surface area contributed by atoms with Gasteiger partial charge in [-0.3, -0.25) is 9.13 Å². The van der Waals surface area contributed by atoms with Crippen LogP contribution in [0.1, 0.15) is 5.56 Å². The molecule has 0 radical (unpaired) electrons. The molecule has 0 N–H and O–H groups in total. The molecule has 8 rings (SSSR count). The molecule has 0 spiro atoms. The van der Waals surface area contributed by atoms with Gasteiger partial charge in [0.2, 0.25) is 0 Å². The summed E-state index contributed by atoms with van der Waals surface area (Å²) in [4.78, 5) is 0. The minimum atomic E-state index is -1.48. The zero-order chi connectivity index (χ0) is 23.8. The Morgan fingerprint density at radius 1 is 0.657 bits per heavy atom. The fraction of sp³-hybridized carbons (Fsp3) is 0.0714. The van der Waals surface area contributed by atoms with Crippen LogP contribution in [0.5, 0.6) is 0 Å². The van der Waals surface area contributed by atoms with E-state index in [1.807, 2.05) is 0 Å². The summed E-state index contributed by atoms with van der Waals surface area (Å²) in [7, 11) is 4.38. The molecule has 0 aliphatic carbocycles. The summed E-state index contributed by atoms with van der Waals surface area (Å²) in [6.07, 6.45) is 6.13. The van der Waals surface area contributed by atoms with Crippen molar-refractivity contribution in [3.63, 3.8) is 0 Å². The monoisotopic (exact) mass is 518 g/mol. The Morgan fingerprint density at radius 3 is 1.89 bits per heavy atom. The summed E-state index contributed by atoms with van der Waals surface area (Å²) in [5, 5.41) is 0. The number of imidazole rings is 2. The van der Waals surface area contributed by atoms with E-state index in [0.29, 0.717) is 0 Å². The second-order valence-electron chi connectivity index (χ2n) is 10.0. The van der Waals surface area contributed by atoms with Crippen LogP contribution < -0.4 is 31.3 Å². The molecule has 5 aromatic rings. The Balaban J connectivity index is 1.72. The van der Waals surface area contributed by atoms with Gasteiger partial charge in [-0.2, -0.15) is 5.47 Å². The van der Waals surface area contributed by atoms with Gasteiger partial charge in [-0.05, 0) is 12.1 Å². The van der Waals surface area contributed by atoms with Crippen molar-refractivity contribution >= 4 is 56.3 Å². The van der Waals surface area contributed by atoms with Crippen LogP contribution >= 0.6 is 15.9 Å². The first-order chi connectivity index (χ1) is 17.1. The van der Waals surface area contributed by atoms with E-state index in [1.54, 1.807) is 0 Å². The van der Waals surface area contributed by atoms with E-state index in [4.69, 9.17) is 0 Å². The molecule has 0 fully saturated rings. The number of nitrogens with zero attached hydrogens (tertiary/aromatic N) is 4. The van der Waals surface area contributed by atoms with Crippen molar-refractivity contribution < 1.29 is 8.96 Å². The molecule has 0 amide bonds. The molecular formula is C28H25B2BrN4. The minimum absolute atomic E-state index is 1.09. The second kappa shape index (κ2) is 7.22. The van der Waals surface area contributed by atoms with Gasteiger partial charge in [-0.1, -0.05) is 94.3 Å². The largest absolute Gasteiger partial charge is 0.446 e. The number of rotatable bonds is 3. The lowest BCUT2D eigenvalue weighted by molar-refractivity contribution is -0.578.